The second-order valence-electron chi connectivity index (χ2n) is 5.03. The van der Waals surface area contributed by atoms with Gasteiger partial charge in [0.15, 0.2) is 0 Å². The van der Waals surface area contributed by atoms with Crippen molar-refractivity contribution in [1.82, 2.24) is 10.2 Å². The summed E-state index contributed by atoms with van der Waals surface area (Å²) in [6.07, 6.45) is 4.72. The standard InChI is InChI=1S/C12H25N3O/c1-9(2)15(8-12(13)16)11-6-4-10(14-3)5-7-11/h9-11,14H,4-8H2,1-3H3,(H2,13,16). The number of nitrogens with two attached hydrogens (primary N) is 1. The molecule has 0 atom stereocenters. The molecule has 0 unspecified atom stereocenters. The molecule has 0 saturated heterocycles. The van der Waals surface area contributed by atoms with Crippen molar-refractivity contribution in [2.24, 2.45) is 5.73 Å². The van der Waals surface area contributed by atoms with Crippen molar-refractivity contribution < 1.29 is 4.79 Å². The van der Waals surface area contributed by atoms with E-state index in [2.05, 4.69) is 24.1 Å². The zero-order chi connectivity index (χ0) is 12.1. The molecule has 3 N–H and O–H groups in total. The quantitative estimate of drug-likeness (QED) is 0.727. The average molecular weight is 227 g/mol. The lowest BCUT2D eigenvalue weighted by Crippen LogP contribution is -2.48. The molecular weight excluding hydrogens is 202 g/mol. The van der Waals surface area contributed by atoms with Gasteiger partial charge in [-0.1, -0.05) is 0 Å². The third kappa shape index (κ3) is 3.76. The smallest absolute Gasteiger partial charge is 0.231 e. The SMILES string of the molecule is CNC1CCC(N(CC(N)=O)C(C)C)CC1. The van der Waals surface area contributed by atoms with Crippen LogP contribution in [0.5, 0.6) is 0 Å². The maximum absolute atomic E-state index is 11.0. The summed E-state index contributed by atoms with van der Waals surface area (Å²) < 4.78 is 0. The number of nitrogens with zero attached hydrogens (tertiary/aromatic N) is 1. The molecular formula is C12H25N3O. The molecule has 1 saturated carbocycles. The van der Waals surface area contributed by atoms with Crippen LogP contribution < -0.4 is 11.1 Å². The van der Waals surface area contributed by atoms with Crippen LogP contribution in [0.15, 0.2) is 0 Å². The molecule has 0 heterocycles. The predicted molar refractivity (Wildman–Crippen MR) is 66.1 cm³/mol. The summed E-state index contributed by atoms with van der Waals surface area (Å²) in [5.74, 6) is -0.218. The van der Waals surface area contributed by atoms with Gasteiger partial charge in [-0.05, 0) is 46.6 Å². The highest BCUT2D eigenvalue weighted by Crippen LogP contribution is 2.24. The van der Waals surface area contributed by atoms with Gasteiger partial charge in [0.1, 0.15) is 0 Å². The minimum absolute atomic E-state index is 0.218. The molecule has 1 aliphatic rings. The summed E-state index contributed by atoms with van der Waals surface area (Å²) in [4.78, 5) is 13.3. The first kappa shape index (κ1) is 13.5. The van der Waals surface area contributed by atoms with Crippen molar-refractivity contribution in [3.05, 3.63) is 0 Å². The van der Waals surface area contributed by atoms with E-state index in [1.54, 1.807) is 0 Å². The summed E-state index contributed by atoms with van der Waals surface area (Å²) in [6, 6.07) is 1.57. The Kier molecular flexibility index (Phi) is 5.22. The van der Waals surface area contributed by atoms with Gasteiger partial charge in [0.2, 0.25) is 5.91 Å². The maximum atomic E-state index is 11.0. The van der Waals surface area contributed by atoms with Crippen LogP contribution in [0.25, 0.3) is 0 Å². The van der Waals surface area contributed by atoms with Crippen LogP contribution in [0.1, 0.15) is 39.5 Å². The molecule has 1 aliphatic carbocycles. The molecule has 0 spiro atoms. The van der Waals surface area contributed by atoms with Crippen molar-refractivity contribution in [3.8, 4) is 0 Å². The van der Waals surface area contributed by atoms with E-state index in [1.165, 1.54) is 12.8 Å². The highest BCUT2D eigenvalue weighted by molar-refractivity contribution is 5.76. The fraction of sp³-hybridized carbons (Fsp3) is 0.917. The first-order chi connectivity index (χ1) is 7.54. The van der Waals surface area contributed by atoms with E-state index in [4.69, 9.17) is 5.73 Å². The fourth-order valence-electron chi connectivity index (χ4n) is 2.61. The van der Waals surface area contributed by atoms with E-state index in [9.17, 15) is 4.79 Å². The van der Waals surface area contributed by atoms with Crippen LogP contribution in [0.3, 0.4) is 0 Å². The Morgan fingerprint density at radius 1 is 1.38 bits per heavy atom. The van der Waals surface area contributed by atoms with Crippen LogP contribution in [-0.2, 0) is 4.79 Å². The van der Waals surface area contributed by atoms with E-state index in [0.29, 0.717) is 24.7 Å². The van der Waals surface area contributed by atoms with Gasteiger partial charge in [0, 0.05) is 18.1 Å². The summed E-state index contributed by atoms with van der Waals surface area (Å²) in [5.41, 5.74) is 5.30. The van der Waals surface area contributed by atoms with Gasteiger partial charge < -0.3 is 11.1 Å². The number of amides is 1. The van der Waals surface area contributed by atoms with Crippen LogP contribution in [-0.4, -0.2) is 42.5 Å². The van der Waals surface area contributed by atoms with Gasteiger partial charge in [-0.25, -0.2) is 0 Å². The topological polar surface area (TPSA) is 58.4 Å². The van der Waals surface area contributed by atoms with Crippen LogP contribution >= 0.6 is 0 Å². The van der Waals surface area contributed by atoms with Crippen molar-refractivity contribution in [2.75, 3.05) is 13.6 Å². The van der Waals surface area contributed by atoms with Crippen molar-refractivity contribution in [1.29, 1.82) is 0 Å². The van der Waals surface area contributed by atoms with Gasteiger partial charge in [-0.15, -0.1) is 0 Å². The molecule has 0 aromatic heterocycles. The van der Waals surface area contributed by atoms with Gasteiger partial charge in [0.05, 0.1) is 6.54 Å². The Morgan fingerprint density at radius 2 is 1.94 bits per heavy atom. The lowest BCUT2D eigenvalue weighted by Gasteiger charge is -2.38. The molecule has 0 radical (unpaired) electrons. The Morgan fingerprint density at radius 3 is 2.31 bits per heavy atom. The van der Waals surface area contributed by atoms with E-state index in [-0.39, 0.29) is 5.91 Å². The minimum Gasteiger partial charge on any atom is -0.369 e. The number of carbonyl (C=O) groups is 1. The minimum atomic E-state index is -0.218. The second-order valence-corrected chi connectivity index (χ2v) is 5.03. The lowest BCUT2D eigenvalue weighted by atomic mass is 9.89. The molecule has 0 aromatic rings. The lowest BCUT2D eigenvalue weighted by molar-refractivity contribution is -0.120. The molecule has 4 nitrogen and oxygen atoms in total. The Bertz CT molecular complexity index is 222. The number of hydrogen-bond acceptors (Lipinski definition) is 3. The molecule has 1 amide bonds. The molecule has 1 rings (SSSR count). The van der Waals surface area contributed by atoms with Gasteiger partial charge in [-0.3, -0.25) is 9.69 Å². The van der Waals surface area contributed by atoms with E-state index < -0.39 is 0 Å². The summed E-state index contributed by atoms with van der Waals surface area (Å²) in [5, 5.41) is 3.32. The molecule has 0 bridgehead atoms. The normalized spacial score (nSPS) is 26.3. The predicted octanol–water partition coefficient (Wildman–Crippen LogP) is 0.713. The fourth-order valence-corrected chi connectivity index (χ4v) is 2.61. The van der Waals surface area contributed by atoms with Crippen molar-refractivity contribution in [3.63, 3.8) is 0 Å². The van der Waals surface area contributed by atoms with Crippen LogP contribution in [0.4, 0.5) is 0 Å². The number of primary amides is 1. The van der Waals surface area contributed by atoms with Crippen LogP contribution in [0.2, 0.25) is 0 Å². The second kappa shape index (κ2) is 6.21. The number of rotatable bonds is 5. The maximum Gasteiger partial charge on any atom is 0.231 e. The molecule has 94 valence electrons. The largest absolute Gasteiger partial charge is 0.369 e. The molecule has 4 heteroatoms. The third-order valence-electron chi connectivity index (χ3n) is 3.58. The van der Waals surface area contributed by atoms with Gasteiger partial charge in [-0.2, -0.15) is 0 Å². The highest BCUT2D eigenvalue weighted by Gasteiger charge is 2.27. The Labute approximate surface area is 98.6 Å². The van der Waals surface area contributed by atoms with Crippen molar-refractivity contribution >= 4 is 5.91 Å². The first-order valence-electron chi connectivity index (χ1n) is 6.26. The third-order valence-corrected chi connectivity index (χ3v) is 3.58. The van der Waals surface area contributed by atoms with Gasteiger partial charge in [0.25, 0.3) is 0 Å². The summed E-state index contributed by atoms with van der Waals surface area (Å²) >= 11 is 0. The first-order valence-corrected chi connectivity index (χ1v) is 6.26. The summed E-state index contributed by atoms with van der Waals surface area (Å²) in [7, 11) is 2.02. The molecule has 1 fully saturated rings. The zero-order valence-corrected chi connectivity index (χ0v) is 10.7. The van der Waals surface area contributed by atoms with Crippen molar-refractivity contribution in [2.45, 2.75) is 57.7 Å². The Balaban J connectivity index is 2.50. The zero-order valence-electron chi connectivity index (χ0n) is 10.7. The van der Waals surface area contributed by atoms with E-state index in [0.717, 1.165) is 12.8 Å². The number of carbonyl (C=O) groups excluding carboxylic acids is 1. The molecule has 0 aliphatic heterocycles. The van der Waals surface area contributed by atoms with Crippen LogP contribution in [0, 0.1) is 0 Å². The molecule has 0 aromatic carbocycles. The average Bonchev–Trinajstić information content (AvgIpc) is 2.25. The summed E-state index contributed by atoms with van der Waals surface area (Å²) in [6.45, 7) is 4.66. The highest BCUT2D eigenvalue weighted by atomic mass is 16.1. The number of nitrogens with one attached hydrogen (secondary N) is 1. The number of hydrogen-bond donors (Lipinski definition) is 2. The Hall–Kier alpha value is -0.610. The van der Waals surface area contributed by atoms with E-state index >= 15 is 0 Å². The van der Waals surface area contributed by atoms with Gasteiger partial charge >= 0.3 is 0 Å². The monoisotopic (exact) mass is 227 g/mol. The molecule has 16 heavy (non-hydrogen) atoms. The van der Waals surface area contributed by atoms with E-state index in [1.807, 2.05) is 7.05 Å².